The molecule has 1 N–H and O–H groups in total. The molecule has 2 rings (SSSR count). The first-order valence-corrected chi connectivity index (χ1v) is 11.2. The molecule has 7 nitrogen and oxygen atoms in total. The molecule has 0 fully saturated rings. The smallest absolute Gasteiger partial charge is 0.232 e. The summed E-state index contributed by atoms with van der Waals surface area (Å²) in [5.41, 5.74) is 1.57. The van der Waals surface area contributed by atoms with E-state index in [2.05, 4.69) is 5.32 Å². The topological polar surface area (TPSA) is 84.9 Å². The lowest BCUT2D eigenvalue weighted by Gasteiger charge is -2.24. The molecule has 0 unspecified atom stereocenters. The molecule has 0 aliphatic rings. The zero-order chi connectivity index (χ0) is 21.3. The summed E-state index contributed by atoms with van der Waals surface area (Å²) in [4.78, 5) is 12.1. The van der Waals surface area contributed by atoms with E-state index < -0.39 is 10.0 Å². The molecule has 0 radical (unpaired) electrons. The molecule has 0 bridgehead atoms. The summed E-state index contributed by atoms with van der Waals surface area (Å²) in [6.45, 7) is 0.721. The fraction of sp³-hybridized carbons (Fsp3) is 0.381. The van der Waals surface area contributed by atoms with Gasteiger partial charge in [-0.2, -0.15) is 0 Å². The van der Waals surface area contributed by atoms with Crippen molar-refractivity contribution in [2.75, 3.05) is 37.9 Å². The number of nitrogens with zero attached hydrogens (tertiary/aromatic N) is 1. The van der Waals surface area contributed by atoms with Crippen LogP contribution in [0.3, 0.4) is 0 Å². The largest absolute Gasteiger partial charge is 0.497 e. The van der Waals surface area contributed by atoms with Gasteiger partial charge in [0.1, 0.15) is 11.5 Å². The van der Waals surface area contributed by atoms with Gasteiger partial charge in [0, 0.05) is 19.5 Å². The van der Waals surface area contributed by atoms with E-state index in [1.165, 1.54) is 11.4 Å². The Balaban J connectivity index is 1.83. The van der Waals surface area contributed by atoms with Gasteiger partial charge in [-0.3, -0.25) is 9.10 Å². The van der Waals surface area contributed by atoms with Gasteiger partial charge in [0.05, 0.1) is 26.2 Å². The number of ether oxygens (including phenoxy) is 2. The van der Waals surface area contributed by atoms with Crippen LogP contribution in [-0.4, -0.2) is 47.9 Å². The predicted octanol–water partition coefficient (Wildman–Crippen LogP) is 2.61. The second-order valence-electron chi connectivity index (χ2n) is 6.56. The minimum absolute atomic E-state index is 0.105. The molecule has 0 heterocycles. The molecular formula is C21H28N2O5S. The molecule has 158 valence electrons. The van der Waals surface area contributed by atoms with Gasteiger partial charge in [0.25, 0.3) is 0 Å². The van der Waals surface area contributed by atoms with Crippen LogP contribution in [0.15, 0.2) is 48.5 Å². The number of carbonyl (C=O) groups is 1. The van der Waals surface area contributed by atoms with Crippen LogP contribution in [0.2, 0.25) is 0 Å². The summed E-state index contributed by atoms with van der Waals surface area (Å²) in [5.74, 6) is 1.16. The number of hydrogen-bond donors (Lipinski definition) is 1. The van der Waals surface area contributed by atoms with E-state index in [1.54, 1.807) is 31.4 Å². The molecule has 0 saturated carbocycles. The first kappa shape index (κ1) is 22.5. The number of amides is 1. The van der Waals surface area contributed by atoms with Crippen molar-refractivity contribution in [2.45, 2.75) is 19.3 Å². The molecule has 8 heteroatoms. The van der Waals surface area contributed by atoms with E-state index in [9.17, 15) is 13.2 Å². The van der Waals surface area contributed by atoms with Gasteiger partial charge in [0.15, 0.2) is 0 Å². The fourth-order valence-electron chi connectivity index (χ4n) is 2.91. The number of hydrogen-bond acceptors (Lipinski definition) is 5. The van der Waals surface area contributed by atoms with Crippen molar-refractivity contribution in [3.05, 3.63) is 54.1 Å². The van der Waals surface area contributed by atoms with E-state index >= 15 is 0 Å². The van der Waals surface area contributed by atoms with Crippen LogP contribution in [0, 0.1) is 0 Å². The maximum Gasteiger partial charge on any atom is 0.232 e. The fourth-order valence-corrected chi connectivity index (χ4v) is 3.88. The van der Waals surface area contributed by atoms with Crippen molar-refractivity contribution in [1.82, 2.24) is 5.32 Å². The maximum atomic E-state index is 12.2. The van der Waals surface area contributed by atoms with Gasteiger partial charge in [0.2, 0.25) is 15.9 Å². The Morgan fingerprint density at radius 1 is 1.03 bits per heavy atom. The van der Waals surface area contributed by atoms with Crippen molar-refractivity contribution in [1.29, 1.82) is 0 Å². The van der Waals surface area contributed by atoms with Gasteiger partial charge in [-0.15, -0.1) is 0 Å². The van der Waals surface area contributed by atoms with Crippen molar-refractivity contribution in [3.63, 3.8) is 0 Å². The van der Waals surface area contributed by atoms with E-state index in [-0.39, 0.29) is 18.9 Å². The maximum absolute atomic E-state index is 12.2. The van der Waals surface area contributed by atoms with Crippen LogP contribution >= 0.6 is 0 Å². The Bertz CT molecular complexity index is 898. The minimum Gasteiger partial charge on any atom is -0.497 e. The van der Waals surface area contributed by atoms with Gasteiger partial charge < -0.3 is 14.8 Å². The Kier molecular flexibility index (Phi) is 8.33. The standard InChI is InChI=1S/C21H28N2O5S/c1-27-18-12-10-17(11-13-18)14-15-22-21(24)9-6-16-23(29(3,25)26)19-7-4-5-8-20(19)28-2/h4-5,7-8,10-13H,6,9,14-16H2,1-3H3,(H,22,24). The van der Waals surface area contributed by atoms with E-state index in [4.69, 9.17) is 9.47 Å². The molecule has 2 aromatic rings. The number of sulfonamides is 1. The van der Waals surface area contributed by atoms with Crippen LogP contribution < -0.4 is 19.1 Å². The quantitative estimate of drug-likeness (QED) is 0.604. The van der Waals surface area contributed by atoms with Crippen molar-refractivity contribution in [2.24, 2.45) is 0 Å². The number of methoxy groups -OCH3 is 2. The zero-order valence-electron chi connectivity index (χ0n) is 17.1. The lowest BCUT2D eigenvalue weighted by molar-refractivity contribution is -0.121. The Labute approximate surface area is 172 Å². The highest BCUT2D eigenvalue weighted by Crippen LogP contribution is 2.29. The molecule has 0 saturated heterocycles. The number of benzene rings is 2. The summed E-state index contributed by atoms with van der Waals surface area (Å²) in [5, 5.41) is 2.87. The molecule has 0 atom stereocenters. The summed E-state index contributed by atoms with van der Waals surface area (Å²) in [7, 11) is -0.381. The normalized spacial score (nSPS) is 11.0. The van der Waals surface area contributed by atoms with Crippen molar-refractivity contribution in [3.8, 4) is 11.5 Å². The molecule has 29 heavy (non-hydrogen) atoms. The van der Waals surface area contributed by atoms with Crippen LogP contribution in [0.5, 0.6) is 11.5 Å². The highest BCUT2D eigenvalue weighted by atomic mass is 32.2. The lowest BCUT2D eigenvalue weighted by Crippen LogP contribution is -2.32. The first-order chi connectivity index (χ1) is 13.8. The first-order valence-electron chi connectivity index (χ1n) is 9.35. The minimum atomic E-state index is -3.50. The number of rotatable bonds is 11. The van der Waals surface area contributed by atoms with Crippen molar-refractivity contribution >= 4 is 21.6 Å². The van der Waals surface area contributed by atoms with Crippen LogP contribution in [0.1, 0.15) is 18.4 Å². The van der Waals surface area contributed by atoms with Crippen molar-refractivity contribution < 1.29 is 22.7 Å². The average Bonchev–Trinajstić information content (AvgIpc) is 2.71. The van der Waals surface area contributed by atoms with E-state index in [0.29, 0.717) is 30.8 Å². The third-order valence-corrected chi connectivity index (χ3v) is 5.59. The Morgan fingerprint density at radius 2 is 1.72 bits per heavy atom. The van der Waals surface area contributed by atoms with Crippen LogP contribution in [0.4, 0.5) is 5.69 Å². The molecule has 1 amide bonds. The Hall–Kier alpha value is -2.74. The van der Waals surface area contributed by atoms with E-state index in [1.807, 2.05) is 24.3 Å². The third kappa shape index (κ3) is 6.98. The van der Waals surface area contributed by atoms with Gasteiger partial charge in [-0.25, -0.2) is 8.42 Å². The summed E-state index contributed by atoms with van der Waals surface area (Å²) in [6, 6.07) is 14.6. The molecule has 0 aliphatic carbocycles. The second-order valence-corrected chi connectivity index (χ2v) is 8.47. The summed E-state index contributed by atoms with van der Waals surface area (Å²) < 4.78 is 36.1. The molecule has 2 aromatic carbocycles. The highest BCUT2D eigenvalue weighted by Gasteiger charge is 2.20. The Morgan fingerprint density at radius 3 is 2.34 bits per heavy atom. The SMILES string of the molecule is COc1ccc(CCNC(=O)CCCN(c2ccccc2OC)S(C)(=O)=O)cc1. The second kappa shape index (κ2) is 10.7. The van der Waals surface area contributed by atoms with Crippen LogP contribution in [-0.2, 0) is 21.2 Å². The van der Waals surface area contributed by atoms with Gasteiger partial charge in [-0.1, -0.05) is 24.3 Å². The number of nitrogens with one attached hydrogen (secondary N) is 1. The molecular weight excluding hydrogens is 392 g/mol. The average molecular weight is 421 g/mol. The summed E-state index contributed by atoms with van der Waals surface area (Å²) >= 11 is 0. The lowest BCUT2D eigenvalue weighted by atomic mass is 10.1. The number of para-hydroxylation sites is 2. The van der Waals surface area contributed by atoms with Crippen LogP contribution in [0.25, 0.3) is 0 Å². The molecule has 0 aliphatic heterocycles. The number of carbonyl (C=O) groups excluding carboxylic acids is 1. The van der Waals surface area contributed by atoms with Gasteiger partial charge in [-0.05, 0) is 42.7 Å². The molecule has 0 aromatic heterocycles. The molecule has 0 spiro atoms. The van der Waals surface area contributed by atoms with E-state index in [0.717, 1.165) is 17.6 Å². The summed E-state index contributed by atoms with van der Waals surface area (Å²) in [6.07, 6.45) is 2.50. The zero-order valence-corrected chi connectivity index (χ0v) is 17.9. The predicted molar refractivity (Wildman–Crippen MR) is 114 cm³/mol. The third-order valence-electron chi connectivity index (χ3n) is 4.41. The monoisotopic (exact) mass is 420 g/mol. The highest BCUT2D eigenvalue weighted by molar-refractivity contribution is 7.92. The van der Waals surface area contributed by atoms with Gasteiger partial charge >= 0.3 is 0 Å². The number of anilines is 1.